The quantitative estimate of drug-likeness (QED) is 0.118. The molecule has 3 aromatic carbocycles. The van der Waals surface area contributed by atoms with Gasteiger partial charge in [0.2, 0.25) is 0 Å². The lowest BCUT2D eigenvalue weighted by atomic mass is 9.93. The van der Waals surface area contributed by atoms with Crippen LogP contribution in [-0.4, -0.2) is 48.8 Å². The van der Waals surface area contributed by atoms with E-state index in [9.17, 15) is 14.7 Å². The molecule has 1 heterocycles. The predicted molar refractivity (Wildman–Crippen MR) is 189 cm³/mol. The number of nitrogens with one attached hydrogen (secondary N) is 2. The molecular weight excluding hydrogens is 607 g/mol. The van der Waals surface area contributed by atoms with Gasteiger partial charge in [-0.3, -0.25) is 4.98 Å². The van der Waals surface area contributed by atoms with Crippen molar-refractivity contribution in [1.82, 2.24) is 15.6 Å². The largest absolute Gasteiger partial charge is 0.465 e. The van der Waals surface area contributed by atoms with Crippen molar-refractivity contribution in [2.45, 2.75) is 83.0 Å². The van der Waals surface area contributed by atoms with Crippen molar-refractivity contribution in [3.8, 4) is 11.1 Å². The molecule has 8 nitrogen and oxygen atoms in total. The van der Waals surface area contributed by atoms with Crippen molar-refractivity contribution in [3.05, 3.63) is 126 Å². The summed E-state index contributed by atoms with van der Waals surface area (Å²) in [6.45, 7) is 10.9. The first kappa shape index (κ1) is 35.4. The van der Waals surface area contributed by atoms with Gasteiger partial charge in [0.25, 0.3) is 0 Å². The van der Waals surface area contributed by atoms with Gasteiger partial charge in [-0.15, -0.1) is 0 Å². The molecule has 248 valence electrons. The molecule has 0 aliphatic heterocycles. The molecule has 2 amide bonds. The fraction of sp³-hybridized carbons (Fsp3) is 0.342. The van der Waals surface area contributed by atoms with E-state index in [-0.39, 0.29) is 11.6 Å². The first-order valence-corrected chi connectivity index (χ1v) is 19.0. The molecule has 47 heavy (non-hydrogen) atoms. The van der Waals surface area contributed by atoms with Crippen molar-refractivity contribution < 1.29 is 23.9 Å². The zero-order valence-electron chi connectivity index (χ0n) is 28.0. The number of carbonyl (C=O) groups is 2. The van der Waals surface area contributed by atoms with E-state index in [0.29, 0.717) is 19.3 Å². The number of amides is 2. The molecule has 4 aromatic rings. The molecule has 0 saturated carbocycles. The number of rotatable bonds is 14. The minimum atomic E-state index is -2.38. The van der Waals surface area contributed by atoms with E-state index in [0.717, 1.165) is 27.8 Å². The topological polar surface area (TPSA) is 110 Å². The summed E-state index contributed by atoms with van der Waals surface area (Å²) >= 11 is 0. The summed E-state index contributed by atoms with van der Waals surface area (Å²) in [6, 6.07) is 30.5. The maximum Gasteiger partial charge on any atom is 0.407 e. The highest BCUT2D eigenvalue weighted by Crippen LogP contribution is 2.38. The standard InChI is InChI=1S/C38H47N3O5Si/c1-38(2,3)47(4,5)46-35(34(41-36(42)43)25-28-12-8-6-9-13-28)26-33(40-37(44)45-27-30-14-10-7-11-15-30)24-29-16-18-31(19-17-29)32-20-22-39-23-21-32/h6-23,33-35,41H,24-27H2,1-5H3,(H,40,44)(H,42,43)/t33-,34-,35-/m0/s1. The zero-order chi connectivity index (χ0) is 33.9. The number of hydrogen-bond donors (Lipinski definition) is 3. The number of benzene rings is 3. The van der Waals surface area contributed by atoms with Gasteiger partial charge in [-0.05, 0) is 77.3 Å². The highest BCUT2D eigenvalue weighted by Gasteiger charge is 2.42. The Bertz CT molecular complexity index is 1550. The zero-order valence-corrected chi connectivity index (χ0v) is 29.0. The van der Waals surface area contributed by atoms with Gasteiger partial charge >= 0.3 is 12.2 Å². The van der Waals surface area contributed by atoms with Crippen LogP contribution in [-0.2, 0) is 28.6 Å². The number of alkyl carbamates (subject to hydrolysis) is 1. The second-order valence-corrected chi connectivity index (χ2v) is 18.2. The number of ether oxygens (including phenoxy) is 1. The monoisotopic (exact) mass is 653 g/mol. The fourth-order valence-corrected chi connectivity index (χ4v) is 6.59. The lowest BCUT2D eigenvalue weighted by molar-refractivity contribution is 0.102. The van der Waals surface area contributed by atoms with E-state index in [4.69, 9.17) is 9.16 Å². The highest BCUT2D eigenvalue weighted by atomic mass is 28.4. The molecule has 0 aliphatic rings. The van der Waals surface area contributed by atoms with Crippen LogP contribution in [0.3, 0.4) is 0 Å². The van der Waals surface area contributed by atoms with Gasteiger partial charge in [-0.25, -0.2) is 9.59 Å². The molecule has 0 fully saturated rings. The molecule has 0 saturated heterocycles. The molecule has 4 rings (SSSR count). The Morgan fingerprint density at radius 1 is 0.766 bits per heavy atom. The highest BCUT2D eigenvalue weighted by molar-refractivity contribution is 6.74. The van der Waals surface area contributed by atoms with Crippen molar-refractivity contribution in [1.29, 1.82) is 0 Å². The number of carboxylic acid groups (broad SMARTS) is 1. The van der Waals surface area contributed by atoms with Crippen molar-refractivity contribution >= 4 is 20.5 Å². The Labute approximate surface area is 279 Å². The van der Waals surface area contributed by atoms with Crippen LogP contribution in [0.4, 0.5) is 9.59 Å². The summed E-state index contributed by atoms with van der Waals surface area (Å²) < 4.78 is 12.6. The van der Waals surface area contributed by atoms with Gasteiger partial charge in [0.05, 0.1) is 12.1 Å². The van der Waals surface area contributed by atoms with E-state index in [1.165, 1.54) is 0 Å². The number of aromatic nitrogens is 1. The summed E-state index contributed by atoms with van der Waals surface area (Å²) in [5.41, 5.74) is 5.04. The van der Waals surface area contributed by atoms with Gasteiger partial charge in [0.15, 0.2) is 8.32 Å². The molecule has 0 radical (unpaired) electrons. The van der Waals surface area contributed by atoms with Crippen molar-refractivity contribution in [2.24, 2.45) is 0 Å². The Balaban J connectivity index is 1.64. The molecule has 0 bridgehead atoms. The van der Waals surface area contributed by atoms with E-state index >= 15 is 0 Å². The minimum absolute atomic E-state index is 0.119. The Morgan fingerprint density at radius 3 is 1.89 bits per heavy atom. The summed E-state index contributed by atoms with van der Waals surface area (Å²) in [5.74, 6) is 0. The smallest absolute Gasteiger partial charge is 0.407 e. The van der Waals surface area contributed by atoms with Crippen LogP contribution in [0.2, 0.25) is 18.1 Å². The average Bonchev–Trinajstić information content (AvgIpc) is 3.04. The van der Waals surface area contributed by atoms with Gasteiger partial charge in [0.1, 0.15) is 6.61 Å². The third-order valence-corrected chi connectivity index (χ3v) is 13.3. The maximum absolute atomic E-state index is 13.2. The van der Waals surface area contributed by atoms with E-state index in [2.05, 4.69) is 73.7 Å². The first-order chi connectivity index (χ1) is 22.4. The summed E-state index contributed by atoms with van der Waals surface area (Å²) in [4.78, 5) is 29.5. The average molecular weight is 654 g/mol. The molecular formula is C38H47N3O5Si. The summed E-state index contributed by atoms with van der Waals surface area (Å²) in [5, 5.41) is 15.7. The molecule has 0 unspecified atom stereocenters. The number of hydrogen-bond acceptors (Lipinski definition) is 5. The number of pyridine rings is 1. The minimum Gasteiger partial charge on any atom is -0.465 e. The van der Waals surface area contributed by atoms with Gasteiger partial charge in [-0.2, -0.15) is 0 Å². The van der Waals surface area contributed by atoms with Gasteiger partial charge in [-0.1, -0.05) is 106 Å². The molecule has 9 heteroatoms. The predicted octanol–water partition coefficient (Wildman–Crippen LogP) is 8.25. The van der Waals surface area contributed by atoms with Crippen molar-refractivity contribution in [3.63, 3.8) is 0 Å². The summed E-state index contributed by atoms with van der Waals surface area (Å²) in [6.07, 6.45) is 2.67. The van der Waals surface area contributed by atoms with Crippen LogP contribution < -0.4 is 10.6 Å². The lowest BCUT2D eigenvalue weighted by Crippen LogP contribution is -2.54. The third kappa shape index (κ3) is 11.1. The van der Waals surface area contributed by atoms with Crippen LogP contribution in [0.1, 0.15) is 43.9 Å². The normalized spacial score (nSPS) is 13.6. The second kappa shape index (κ2) is 16.4. The van der Waals surface area contributed by atoms with E-state index in [1.807, 2.05) is 72.8 Å². The van der Waals surface area contributed by atoms with Gasteiger partial charge in [0, 0.05) is 18.4 Å². The number of carbonyl (C=O) groups excluding carboxylic acids is 1. The fourth-order valence-electron chi connectivity index (χ4n) is 5.22. The van der Waals surface area contributed by atoms with Crippen LogP contribution in [0, 0.1) is 0 Å². The Kier molecular flexibility index (Phi) is 12.3. The van der Waals surface area contributed by atoms with Crippen molar-refractivity contribution in [2.75, 3.05) is 0 Å². The second-order valence-electron chi connectivity index (χ2n) is 13.4. The molecule has 0 spiro atoms. The molecule has 1 aromatic heterocycles. The van der Waals surface area contributed by atoms with Crippen LogP contribution >= 0.6 is 0 Å². The van der Waals surface area contributed by atoms with E-state index in [1.54, 1.807) is 12.4 Å². The van der Waals surface area contributed by atoms with E-state index < -0.39 is 38.7 Å². The molecule has 0 aliphatic carbocycles. The summed E-state index contributed by atoms with van der Waals surface area (Å²) in [7, 11) is -2.38. The van der Waals surface area contributed by atoms with Crippen LogP contribution in [0.5, 0.6) is 0 Å². The number of nitrogens with zero attached hydrogens (tertiary/aromatic N) is 1. The first-order valence-electron chi connectivity index (χ1n) is 16.1. The van der Waals surface area contributed by atoms with Crippen LogP contribution in [0.25, 0.3) is 11.1 Å². The lowest BCUT2D eigenvalue weighted by Gasteiger charge is -2.42. The Morgan fingerprint density at radius 2 is 1.32 bits per heavy atom. The van der Waals surface area contributed by atoms with Gasteiger partial charge < -0.3 is 24.9 Å². The van der Waals surface area contributed by atoms with Crippen LogP contribution in [0.15, 0.2) is 109 Å². The molecule has 3 atom stereocenters. The molecule has 3 N–H and O–H groups in total. The third-order valence-electron chi connectivity index (χ3n) is 8.81. The SMILES string of the molecule is CC(C)(C)[Si](C)(C)O[C@@H](C[C@H](Cc1ccc(-c2ccncc2)cc1)NC(=O)OCc1ccccc1)[C@H](Cc1ccccc1)NC(=O)O. The maximum atomic E-state index is 13.2. The Hall–Kier alpha value is -4.47.